The molecule has 0 aromatic rings. The van der Waals surface area contributed by atoms with E-state index in [0.29, 0.717) is 24.4 Å². The van der Waals surface area contributed by atoms with E-state index in [9.17, 15) is 4.79 Å². The summed E-state index contributed by atoms with van der Waals surface area (Å²) in [6, 6.07) is 0.443. The average Bonchev–Trinajstić information content (AvgIpc) is 2.73. The number of amides is 1. The summed E-state index contributed by atoms with van der Waals surface area (Å²) in [4.78, 5) is 14.4. The summed E-state index contributed by atoms with van der Waals surface area (Å²) in [6.07, 6.45) is 4.27. The zero-order valence-corrected chi connectivity index (χ0v) is 10.9. The van der Waals surface area contributed by atoms with Crippen LogP contribution in [0.4, 0.5) is 0 Å². The number of nitrogens with two attached hydrogens (primary N) is 1. The molecule has 1 amide bonds. The Labute approximate surface area is 99.4 Å². The lowest BCUT2D eigenvalue weighted by Gasteiger charge is -2.30. The number of hydrogen-bond acceptors (Lipinski definition) is 2. The molecule has 1 rings (SSSR count). The van der Waals surface area contributed by atoms with Gasteiger partial charge >= 0.3 is 0 Å². The molecule has 16 heavy (non-hydrogen) atoms. The Morgan fingerprint density at radius 1 is 1.50 bits per heavy atom. The molecular formula is C13H26N2O. The fourth-order valence-electron chi connectivity index (χ4n) is 2.68. The molecule has 0 aromatic carbocycles. The van der Waals surface area contributed by atoms with Gasteiger partial charge in [0.2, 0.25) is 5.91 Å². The van der Waals surface area contributed by atoms with Crippen molar-refractivity contribution in [2.45, 2.75) is 52.5 Å². The predicted octanol–water partition coefficient (Wildman–Crippen LogP) is 2.01. The summed E-state index contributed by atoms with van der Waals surface area (Å²) in [6.45, 7) is 7.94. The molecule has 3 heteroatoms. The van der Waals surface area contributed by atoms with Crippen molar-refractivity contribution in [1.82, 2.24) is 4.90 Å². The van der Waals surface area contributed by atoms with Crippen molar-refractivity contribution in [3.63, 3.8) is 0 Å². The normalized spacial score (nSPS) is 22.8. The van der Waals surface area contributed by atoms with E-state index < -0.39 is 0 Å². The predicted molar refractivity (Wildman–Crippen MR) is 67.0 cm³/mol. The van der Waals surface area contributed by atoms with Gasteiger partial charge in [-0.2, -0.15) is 0 Å². The summed E-state index contributed by atoms with van der Waals surface area (Å²) >= 11 is 0. The number of nitrogens with zero attached hydrogens (tertiary/aromatic N) is 1. The minimum atomic E-state index is 0.0457. The third-order valence-corrected chi connectivity index (χ3v) is 3.62. The van der Waals surface area contributed by atoms with Gasteiger partial charge in [-0.1, -0.05) is 27.2 Å². The number of carbonyl (C=O) groups excluding carboxylic acids is 1. The van der Waals surface area contributed by atoms with Crippen LogP contribution in [0.1, 0.15) is 46.5 Å². The second kappa shape index (κ2) is 6.24. The van der Waals surface area contributed by atoms with Gasteiger partial charge in [0.05, 0.1) is 5.92 Å². The van der Waals surface area contributed by atoms with E-state index in [1.807, 2.05) is 0 Å². The largest absolute Gasteiger partial charge is 0.339 e. The van der Waals surface area contributed by atoms with Gasteiger partial charge in [-0.05, 0) is 25.2 Å². The molecule has 0 radical (unpaired) electrons. The Bertz CT molecular complexity index is 228. The molecule has 0 saturated carbocycles. The molecular weight excluding hydrogens is 200 g/mol. The van der Waals surface area contributed by atoms with Crippen LogP contribution in [0, 0.1) is 11.8 Å². The van der Waals surface area contributed by atoms with E-state index in [4.69, 9.17) is 5.73 Å². The summed E-state index contributed by atoms with van der Waals surface area (Å²) in [5.41, 5.74) is 5.70. The maximum Gasteiger partial charge on any atom is 0.227 e. The summed E-state index contributed by atoms with van der Waals surface area (Å²) in [7, 11) is 0. The zero-order valence-electron chi connectivity index (χ0n) is 10.9. The molecule has 1 fully saturated rings. The van der Waals surface area contributed by atoms with Gasteiger partial charge in [-0.25, -0.2) is 0 Å². The van der Waals surface area contributed by atoms with Crippen LogP contribution in [0.2, 0.25) is 0 Å². The molecule has 0 aromatic heterocycles. The Hall–Kier alpha value is -0.570. The van der Waals surface area contributed by atoms with Gasteiger partial charge in [0.15, 0.2) is 0 Å². The van der Waals surface area contributed by atoms with Gasteiger partial charge in [-0.15, -0.1) is 0 Å². The van der Waals surface area contributed by atoms with Crippen LogP contribution >= 0.6 is 0 Å². The number of rotatable bonds is 5. The van der Waals surface area contributed by atoms with Gasteiger partial charge in [0, 0.05) is 19.1 Å². The van der Waals surface area contributed by atoms with Crippen molar-refractivity contribution in [2.24, 2.45) is 17.6 Å². The van der Waals surface area contributed by atoms with Gasteiger partial charge in [0.25, 0.3) is 0 Å². The van der Waals surface area contributed by atoms with Crippen LogP contribution in [-0.4, -0.2) is 29.9 Å². The first kappa shape index (κ1) is 13.5. The highest BCUT2D eigenvalue weighted by Gasteiger charge is 2.33. The van der Waals surface area contributed by atoms with Crippen LogP contribution in [0.5, 0.6) is 0 Å². The highest BCUT2D eigenvalue weighted by Crippen LogP contribution is 2.26. The van der Waals surface area contributed by atoms with Crippen molar-refractivity contribution >= 4 is 5.91 Å². The highest BCUT2D eigenvalue weighted by atomic mass is 16.2. The van der Waals surface area contributed by atoms with E-state index in [1.54, 1.807) is 0 Å². The topological polar surface area (TPSA) is 46.3 Å². The maximum atomic E-state index is 12.3. The minimum Gasteiger partial charge on any atom is -0.339 e. The molecule has 94 valence electrons. The lowest BCUT2D eigenvalue weighted by atomic mass is 9.98. The van der Waals surface area contributed by atoms with Crippen molar-refractivity contribution in [1.29, 1.82) is 0 Å². The lowest BCUT2D eigenvalue weighted by Crippen LogP contribution is -2.43. The van der Waals surface area contributed by atoms with E-state index in [0.717, 1.165) is 32.2 Å². The smallest absolute Gasteiger partial charge is 0.227 e. The van der Waals surface area contributed by atoms with Crippen LogP contribution in [-0.2, 0) is 4.79 Å². The molecule has 0 bridgehead atoms. The van der Waals surface area contributed by atoms with E-state index >= 15 is 0 Å². The van der Waals surface area contributed by atoms with Gasteiger partial charge < -0.3 is 10.6 Å². The van der Waals surface area contributed by atoms with Crippen LogP contribution in [0.25, 0.3) is 0 Å². The van der Waals surface area contributed by atoms with Crippen molar-refractivity contribution in [3.05, 3.63) is 0 Å². The second-order valence-corrected chi connectivity index (χ2v) is 5.21. The molecule has 0 spiro atoms. The van der Waals surface area contributed by atoms with Gasteiger partial charge in [0.1, 0.15) is 0 Å². The molecule has 2 unspecified atom stereocenters. The molecule has 1 aliphatic heterocycles. The van der Waals surface area contributed by atoms with E-state index in [-0.39, 0.29) is 5.92 Å². The molecule has 1 aliphatic rings. The first-order valence-corrected chi connectivity index (χ1v) is 6.62. The summed E-state index contributed by atoms with van der Waals surface area (Å²) in [5.74, 6) is 0.899. The third kappa shape index (κ3) is 2.97. The Balaban J connectivity index is 2.64. The highest BCUT2D eigenvalue weighted by molar-refractivity contribution is 5.79. The average molecular weight is 226 g/mol. The standard InChI is InChI=1S/C13H26N2O/c1-4-6-11(9-14)13(16)15-8-5-7-12(15)10(2)3/h10-12H,4-9,14H2,1-3H3. The molecule has 3 nitrogen and oxygen atoms in total. The van der Waals surface area contributed by atoms with Crippen molar-refractivity contribution < 1.29 is 4.79 Å². The number of hydrogen-bond donors (Lipinski definition) is 1. The molecule has 1 saturated heterocycles. The second-order valence-electron chi connectivity index (χ2n) is 5.21. The van der Waals surface area contributed by atoms with Crippen molar-refractivity contribution in [3.8, 4) is 0 Å². The Morgan fingerprint density at radius 3 is 2.69 bits per heavy atom. The first-order chi connectivity index (χ1) is 7.61. The van der Waals surface area contributed by atoms with E-state index in [1.165, 1.54) is 0 Å². The number of likely N-dealkylation sites (tertiary alicyclic amines) is 1. The van der Waals surface area contributed by atoms with Crippen LogP contribution < -0.4 is 5.73 Å². The molecule has 0 aliphatic carbocycles. The fraction of sp³-hybridized carbons (Fsp3) is 0.923. The fourth-order valence-corrected chi connectivity index (χ4v) is 2.68. The SMILES string of the molecule is CCCC(CN)C(=O)N1CCCC1C(C)C. The molecule has 2 atom stereocenters. The van der Waals surface area contributed by atoms with Crippen LogP contribution in [0.3, 0.4) is 0 Å². The van der Waals surface area contributed by atoms with Crippen LogP contribution in [0.15, 0.2) is 0 Å². The lowest BCUT2D eigenvalue weighted by molar-refractivity contribution is -0.137. The quantitative estimate of drug-likeness (QED) is 0.779. The first-order valence-electron chi connectivity index (χ1n) is 6.62. The third-order valence-electron chi connectivity index (χ3n) is 3.62. The number of carbonyl (C=O) groups is 1. The molecule has 1 heterocycles. The van der Waals surface area contributed by atoms with E-state index in [2.05, 4.69) is 25.7 Å². The Morgan fingerprint density at radius 2 is 2.19 bits per heavy atom. The van der Waals surface area contributed by atoms with Crippen molar-refractivity contribution in [2.75, 3.05) is 13.1 Å². The maximum absolute atomic E-state index is 12.3. The summed E-state index contributed by atoms with van der Waals surface area (Å²) < 4.78 is 0. The zero-order chi connectivity index (χ0) is 12.1. The summed E-state index contributed by atoms with van der Waals surface area (Å²) in [5, 5.41) is 0. The Kier molecular flexibility index (Phi) is 5.26. The monoisotopic (exact) mass is 226 g/mol. The van der Waals surface area contributed by atoms with Gasteiger partial charge in [-0.3, -0.25) is 4.79 Å². The molecule has 2 N–H and O–H groups in total. The minimum absolute atomic E-state index is 0.0457.